The Morgan fingerprint density at radius 2 is 2.31 bits per heavy atom. The molecule has 0 saturated heterocycles. The molecule has 1 heterocycles. The summed E-state index contributed by atoms with van der Waals surface area (Å²) in [4.78, 5) is 1.24. The second-order valence-electron chi connectivity index (χ2n) is 3.58. The number of aliphatic hydroxyl groups is 1. The van der Waals surface area contributed by atoms with E-state index in [1.807, 2.05) is 17.8 Å². The van der Waals surface area contributed by atoms with E-state index in [4.69, 9.17) is 22.4 Å². The van der Waals surface area contributed by atoms with E-state index >= 15 is 0 Å². The molecule has 0 radical (unpaired) electrons. The molecule has 2 nitrogen and oxygen atoms in total. The Hall–Kier alpha value is 0.260. The molecule has 5 heteroatoms. The van der Waals surface area contributed by atoms with E-state index in [2.05, 4.69) is 13.0 Å². The molecule has 0 aliphatic heterocycles. The number of hydrogen-bond acceptors (Lipinski definition) is 4. The number of hydrogen-bond donors (Lipinski definition) is 2. The van der Waals surface area contributed by atoms with Gasteiger partial charge in [0.05, 0.1) is 9.59 Å². The average molecular weight is 280 g/mol. The SMILES string of the molecule is CCC(N)C(SCCCO)c1ccc(Cl)s1. The van der Waals surface area contributed by atoms with E-state index < -0.39 is 0 Å². The number of thioether (sulfide) groups is 1. The van der Waals surface area contributed by atoms with Crippen molar-refractivity contribution in [2.24, 2.45) is 5.73 Å². The standard InChI is InChI=1S/C11H18ClNOS2/c1-2-8(13)11(15-7-3-6-14)9-4-5-10(12)16-9/h4-5,8,11,14H,2-3,6-7,13H2,1H3. The lowest BCUT2D eigenvalue weighted by Gasteiger charge is -2.21. The van der Waals surface area contributed by atoms with Crippen molar-refractivity contribution in [2.75, 3.05) is 12.4 Å². The van der Waals surface area contributed by atoms with Gasteiger partial charge in [0.1, 0.15) is 0 Å². The molecule has 1 aromatic rings. The van der Waals surface area contributed by atoms with Crippen molar-refractivity contribution in [1.29, 1.82) is 0 Å². The van der Waals surface area contributed by atoms with Gasteiger partial charge in [0.2, 0.25) is 0 Å². The third-order valence-corrected chi connectivity index (χ3v) is 5.29. The molecule has 0 saturated carbocycles. The van der Waals surface area contributed by atoms with Crippen LogP contribution in [0.1, 0.15) is 29.9 Å². The van der Waals surface area contributed by atoms with Crippen molar-refractivity contribution < 1.29 is 5.11 Å². The number of rotatable bonds is 7. The van der Waals surface area contributed by atoms with Gasteiger partial charge in [-0.25, -0.2) is 0 Å². The molecule has 1 aromatic heterocycles. The molecule has 0 aliphatic rings. The first-order chi connectivity index (χ1) is 7.69. The Morgan fingerprint density at radius 1 is 1.56 bits per heavy atom. The molecule has 0 amide bonds. The van der Waals surface area contributed by atoms with Crippen LogP contribution in [0.5, 0.6) is 0 Å². The summed E-state index contributed by atoms with van der Waals surface area (Å²) < 4.78 is 0.811. The highest BCUT2D eigenvalue weighted by Gasteiger charge is 2.20. The van der Waals surface area contributed by atoms with Crippen molar-refractivity contribution in [2.45, 2.75) is 31.1 Å². The molecular formula is C11H18ClNOS2. The topological polar surface area (TPSA) is 46.2 Å². The van der Waals surface area contributed by atoms with Crippen LogP contribution in [0.2, 0.25) is 4.34 Å². The first kappa shape index (κ1) is 14.3. The maximum Gasteiger partial charge on any atom is 0.0931 e. The normalized spacial score (nSPS) is 15.0. The Labute approximate surface area is 110 Å². The summed E-state index contributed by atoms with van der Waals surface area (Å²) in [7, 11) is 0. The van der Waals surface area contributed by atoms with E-state index in [1.54, 1.807) is 11.3 Å². The highest BCUT2D eigenvalue weighted by molar-refractivity contribution is 7.99. The van der Waals surface area contributed by atoms with Gasteiger partial charge in [-0.3, -0.25) is 0 Å². The average Bonchev–Trinajstić information content (AvgIpc) is 2.70. The maximum atomic E-state index is 8.79. The van der Waals surface area contributed by atoms with Crippen molar-refractivity contribution >= 4 is 34.7 Å². The molecule has 92 valence electrons. The van der Waals surface area contributed by atoms with Gasteiger partial charge in [0.25, 0.3) is 0 Å². The summed E-state index contributed by atoms with van der Waals surface area (Å²) in [6.45, 7) is 2.34. The third-order valence-electron chi connectivity index (χ3n) is 2.33. The summed E-state index contributed by atoms with van der Waals surface area (Å²) in [5.41, 5.74) is 6.12. The number of nitrogens with two attached hydrogens (primary N) is 1. The Bertz CT molecular complexity index is 306. The van der Waals surface area contributed by atoms with Gasteiger partial charge in [-0.15, -0.1) is 11.3 Å². The van der Waals surface area contributed by atoms with Crippen LogP contribution in [-0.4, -0.2) is 23.5 Å². The lowest BCUT2D eigenvalue weighted by molar-refractivity contribution is 0.296. The van der Waals surface area contributed by atoms with Crippen LogP contribution >= 0.6 is 34.7 Å². The fourth-order valence-electron chi connectivity index (χ4n) is 1.39. The Kier molecular flexibility index (Phi) is 6.77. The number of halogens is 1. The van der Waals surface area contributed by atoms with Gasteiger partial charge in [0.15, 0.2) is 0 Å². The molecule has 0 fully saturated rings. The lowest BCUT2D eigenvalue weighted by Crippen LogP contribution is -2.25. The zero-order valence-electron chi connectivity index (χ0n) is 9.36. The van der Waals surface area contributed by atoms with Crippen LogP contribution in [0.15, 0.2) is 12.1 Å². The fraction of sp³-hybridized carbons (Fsp3) is 0.636. The number of thiophene rings is 1. The van der Waals surface area contributed by atoms with E-state index in [0.29, 0.717) is 5.25 Å². The molecule has 2 unspecified atom stereocenters. The zero-order valence-corrected chi connectivity index (χ0v) is 11.7. The van der Waals surface area contributed by atoms with Crippen LogP contribution < -0.4 is 5.73 Å². The molecule has 1 rings (SSSR count). The summed E-state index contributed by atoms with van der Waals surface area (Å²) in [5, 5.41) is 9.09. The fourth-order valence-corrected chi connectivity index (χ4v) is 4.09. The van der Waals surface area contributed by atoms with E-state index in [0.717, 1.165) is 22.9 Å². The predicted octanol–water partition coefficient (Wildman–Crippen LogP) is 3.30. The molecule has 0 bridgehead atoms. The highest BCUT2D eigenvalue weighted by Crippen LogP contribution is 2.38. The monoisotopic (exact) mass is 279 g/mol. The van der Waals surface area contributed by atoms with Gasteiger partial charge >= 0.3 is 0 Å². The van der Waals surface area contributed by atoms with Gasteiger partial charge in [-0.1, -0.05) is 18.5 Å². The number of aliphatic hydroxyl groups excluding tert-OH is 1. The van der Waals surface area contributed by atoms with Crippen molar-refractivity contribution in [3.63, 3.8) is 0 Å². The maximum absolute atomic E-state index is 8.79. The smallest absolute Gasteiger partial charge is 0.0931 e. The van der Waals surface area contributed by atoms with E-state index in [-0.39, 0.29) is 12.6 Å². The molecule has 0 aromatic carbocycles. The van der Waals surface area contributed by atoms with Crippen LogP contribution in [0.25, 0.3) is 0 Å². The van der Waals surface area contributed by atoms with Gasteiger partial charge < -0.3 is 10.8 Å². The van der Waals surface area contributed by atoms with Crippen molar-refractivity contribution in [3.05, 3.63) is 21.3 Å². The van der Waals surface area contributed by atoms with E-state index in [9.17, 15) is 0 Å². The second-order valence-corrected chi connectivity index (χ2v) is 6.58. The van der Waals surface area contributed by atoms with E-state index in [1.165, 1.54) is 4.88 Å². The molecule has 3 N–H and O–H groups in total. The van der Waals surface area contributed by atoms with Crippen LogP contribution in [0.4, 0.5) is 0 Å². The summed E-state index contributed by atoms with van der Waals surface area (Å²) >= 11 is 9.35. The first-order valence-electron chi connectivity index (χ1n) is 5.42. The predicted molar refractivity (Wildman–Crippen MR) is 74.5 cm³/mol. The largest absolute Gasteiger partial charge is 0.396 e. The second kappa shape index (κ2) is 7.56. The summed E-state index contributed by atoms with van der Waals surface area (Å²) in [5.74, 6) is 0.935. The van der Waals surface area contributed by atoms with Crippen LogP contribution in [0.3, 0.4) is 0 Å². The van der Waals surface area contributed by atoms with Crippen molar-refractivity contribution in [1.82, 2.24) is 0 Å². The zero-order chi connectivity index (χ0) is 12.0. The quantitative estimate of drug-likeness (QED) is 0.753. The minimum absolute atomic E-state index is 0.151. The van der Waals surface area contributed by atoms with Gasteiger partial charge in [-0.2, -0.15) is 11.8 Å². The molecular weight excluding hydrogens is 262 g/mol. The lowest BCUT2D eigenvalue weighted by atomic mass is 10.1. The third kappa shape index (κ3) is 4.26. The molecule has 0 spiro atoms. The first-order valence-corrected chi connectivity index (χ1v) is 7.66. The molecule has 16 heavy (non-hydrogen) atoms. The van der Waals surface area contributed by atoms with Crippen LogP contribution in [0, 0.1) is 0 Å². The minimum Gasteiger partial charge on any atom is -0.396 e. The van der Waals surface area contributed by atoms with Gasteiger partial charge in [0, 0.05) is 17.5 Å². The molecule has 0 aliphatic carbocycles. The minimum atomic E-state index is 0.151. The molecule has 2 atom stereocenters. The van der Waals surface area contributed by atoms with Gasteiger partial charge in [-0.05, 0) is 30.7 Å². The van der Waals surface area contributed by atoms with Crippen molar-refractivity contribution in [3.8, 4) is 0 Å². The Morgan fingerprint density at radius 3 is 2.81 bits per heavy atom. The Balaban J connectivity index is 2.63. The summed E-state index contributed by atoms with van der Waals surface area (Å²) in [6.07, 6.45) is 1.77. The summed E-state index contributed by atoms with van der Waals surface area (Å²) in [6, 6.07) is 4.13. The highest BCUT2D eigenvalue weighted by atomic mass is 35.5. The van der Waals surface area contributed by atoms with Crippen LogP contribution in [-0.2, 0) is 0 Å².